The second kappa shape index (κ2) is 19.5. The number of hydrogen-bond acceptors (Lipinski definition) is 21. The number of carbonyl (C=O) groups is 1. The molecule has 4 heterocycles. The summed E-state index contributed by atoms with van der Waals surface area (Å²) in [5.74, 6) is -2.20. The van der Waals surface area contributed by atoms with E-state index < -0.39 is 134 Å². The van der Waals surface area contributed by atoms with Gasteiger partial charge in [0, 0.05) is 24.1 Å². The monoisotopic (exact) mass is 880 g/mol. The molecule has 342 valence electrons. The molecular formula is C41H52O21. The van der Waals surface area contributed by atoms with Crippen LogP contribution in [0.15, 0.2) is 51.2 Å². The maximum Gasteiger partial charge on any atom is 0.303 e. The van der Waals surface area contributed by atoms with Crippen LogP contribution in [0.25, 0.3) is 22.3 Å². The van der Waals surface area contributed by atoms with Crippen LogP contribution in [0.4, 0.5) is 0 Å². The maximum atomic E-state index is 14.8. The van der Waals surface area contributed by atoms with E-state index in [0.717, 1.165) is 18.6 Å². The quantitative estimate of drug-likeness (QED) is 0.0687. The van der Waals surface area contributed by atoms with Crippen molar-refractivity contribution >= 4 is 16.9 Å². The summed E-state index contributed by atoms with van der Waals surface area (Å²) in [5.41, 5.74) is -0.0771. The second-order valence-corrected chi connectivity index (χ2v) is 15.4. The molecule has 10 N–H and O–H groups in total. The van der Waals surface area contributed by atoms with E-state index in [1.54, 1.807) is 32.1 Å². The third kappa shape index (κ3) is 9.40. The first kappa shape index (κ1) is 47.0. The molecule has 0 amide bonds. The number of aliphatic hydroxyl groups excluding tert-OH is 9. The molecule has 2 aromatic carbocycles. The van der Waals surface area contributed by atoms with Gasteiger partial charge in [-0.2, -0.15) is 0 Å². The molecule has 21 heteroatoms. The fourth-order valence-electron chi connectivity index (χ4n) is 7.34. The number of allylic oxidation sites excluding steroid dienone is 2. The number of phenols is 1. The number of phenolic OH excluding ortho intramolecular Hbond substituents is 1. The fourth-order valence-corrected chi connectivity index (χ4v) is 7.34. The Labute approximate surface area is 353 Å². The first-order chi connectivity index (χ1) is 29.4. The van der Waals surface area contributed by atoms with E-state index in [1.165, 1.54) is 26.2 Å². The molecule has 1 aromatic heterocycles. The number of fused-ring (bicyclic) bond motifs is 1. The largest absolute Gasteiger partial charge is 0.507 e. The third-order valence-electron chi connectivity index (χ3n) is 10.8. The van der Waals surface area contributed by atoms with Gasteiger partial charge in [0.05, 0.1) is 26.4 Å². The number of carbonyl (C=O) groups excluding carboxylic acids is 1. The van der Waals surface area contributed by atoms with E-state index in [0.29, 0.717) is 5.75 Å². The van der Waals surface area contributed by atoms with E-state index in [1.807, 2.05) is 0 Å². The lowest BCUT2D eigenvalue weighted by Gasteiger charge is -2.46. The number of aromatic hydroxyl groups is 1. The van der Waals surface area contributed by atoms with Crippen LogP contribution < -0.4 is 19.6 Å². The number of rotatable bonds is 13. The minimum absolute atomic E-state index is 0.00641. The van der Waals surface area contributed by atoms with E-state index in [-0.39, 0.29) is 34.6 Å². The van der Waals surface area contributed by atoms with Gasteiger partial charge in [-0.3, -0.25) is 9.59 Å². The Morgan fingerprint density at radius 1 is 0.758 bits per heavy atom. The van der Waals surface area contributed by atoms with Gasteiger partial charge in [-0.15, -0.1) is 0 Å². The van der Waals surface area contributed by atoms with Crippen molar-refractivity contribution in [3.05, 3.63) is 57.8 Å². The molecule has 62 heavy (non-hydrogen) atoms. The van der Waals surface area contributed by atoms with Gasteiger partial charge in [-0.1, -0.05) is 11.6 Å². The number of esters is 1. The molecule has 0 radical (unpaired) electrons. The predicted molar refractivity (Wildman–Crippen MR) is 209 cm³/mol. The van der Waals surface area contributed by atoms with Crippen LogP contribution in [0, 0.1) is 0 Å². The van der Waals surface area contributed by atoms with Crippen molar-refractivity contribution in [3.8, 4) is 34.3 Å². The molecule has 0 bridgehead atoms. The molecule has 3 aromatic rings. The molecule has 3 fully saturated rings. The van der Waals surface area contributed by atoms with Gasteiger partial charge in [0.25, 0.3) is 0 Å². The van der Waals surface area contributed by atoms with Crippen molar-refractivity contribution in [2.75, 3.05) is 20.3 Å². The van der Waals surface area contributed by atoms with Gasteiger partial charge >= 0.3 is 5.97 Å². The molecule has 0 aliphatic carbocycles. The average molecular weight is 881 g/mol. The summed E-state index contributed by atoms with van der Waals surface area (Å²) in [6, 6.07) is 7.16. The van der Waals surface area contributed by atoms with Gasteiger partial charge in [0.2, 0.25) is 23.8 Å². The highest BCUT2D eigenvalue weighted by Gasteiger charge is 2.53. The summed E-state index contributed by atoms with van der Waals surface area (Å²) in [6.07, 6.45) is -23.5. The van der Waals surface area contributed by atoms with Crippen LogP contribution >= 0.6 is 0 Å². The Kier molecular flexibility index (Phi) is 14.8. The molecular weight excluding hydrogens is 828 g/mol. The number of ether oxygens (including phenoxy) is 8. The first-order valence-corrected chi connectivity index (χ1v) is 19.6. The number of methoxy groups -OCH3 is 1. The molecule has 6 rings (SSSR count). The van der Waals surface area contributed by atoms with Gasteiger partial charge in [-0.25, -0.2) is 0 Å². The highest BCUT2D eigenvalue weighted by Crippen LogP contribution is 2.42. The van der Waals surface area contributed by atoms with Crippen molar-refractivity contribution in [1.29, 1.82) is 0 Å². The van der Waals surface area contributed by atoms with E-state index in [9.17, 15) is 60.7 Å². The van der Waals surface area contributed by atoms with Crippen LogP contribution in [-0.4, -0.2) is 169 Å². The maximum absolute atomic E-state index is 14.8. The SMILES string of the molecule is COc1ccc(-c2oc3c(CC=C(C)C)c(OC4OC(CO)C(O)C(O)C4O)cc(O)c3c(=O)c2OC2OC(C)C(OC(C)=O)C(OC3OC(CO)C(O)C(O)C3O)C2O)cc1. The van der Waals surface area contributed by atoms with E-state index >= 15 is 0 Å². The van der Waals surface area contributed by atoms with Crippen LogP contribution in [-0.2, 0) is 34.9 Å². The number of hydrogen-bond donors (Lipinski definition) is 10. The Morgan fingerprint density at radius 2 is 1.34 bits per heavy atom. The number of benzene rings is 2. The zero-order valence-corrected chi connectivity index (χ0v) is 34.2. The molecule has 3 saturated heterocycles. The van der Waals surface area contributed by atoms with Crippen LogP contribution in [0.2, 0.25) is 0 Å². The Hall–Kier alpha value is -4.46. The summed E-state index contributed by atoms with van der Waals surface area (Å²) >= 11 is 0. The normalized spacial score (nSPS) is 33.7. The third-order valence-corrected chi connectivity index (χ3v) is 10.8. The average Bonchev–Trinajstić information content (AvgIpc) is 3.24. The van der Waals surface area contributed by atoms with Crippen LogP contribution in [0.5, 0.6) is 23.0 Å². The van der Waals surface area contributed by atoms with Crippen molar-refractivity contribution < 1.29 is 98.2 Å². The summed E-state index contributed by atoms with van der Waals surface area (Å²) < 4.78 is 52.2. The van der Waals surface area contributed by atoms with Crippen LogP contribution in [0.3, 0.4) is 0 Å². The zero-order valence-electron chi connectivity index (χ0n) is 34.2. The van der Waals surface area contributed by atoms with E-state index in [4.69, 9.17) is 42.3 Å². The van der Waals surface area contributed by atoms with Crippen molar-refractivity contribution in [1.82, 2.24) is 0 Å². The lowest BCUT2D eigenvalue weighted by molar-refractivity contribution is -0.350. The van der Waals surface area contributed by atoms with Gasteiger partial charge in [0.1, 0.15) is 89.3 Å². The molecule has 15 unspecified atom stereocenters. The smallest absolute Gasteiger partial charge is 0.303 e. The lowest BCUT2D eigenvalue weighted by atomic mass is 9.97. The Bertz CT molecular complexity index is 2110. The van der Waals surface area contributed by atoms with Crippen LogP contribution in [0.1, 0.15) is 33.3 Å². The van der Waals surface area contributed by atoms with E-state index in [2.05, 4.69) is 0 Å². The highest BCUT2D eigenvalue weighted by atomic mass is 16.7. The summed E-state index contributed by atoms with van der Waals surface area (Å²) in [7, 11) is 1.43. The topological polar surface area (TPSA) is 323 Å². The lowest BCUT2D eigenvalue weighted by Crippen LogP contribution is -2.65. The fraction of sp³-hybridized carbons (Fsp3) is 0.561. The van der Waals surface area contributed by atoms with Crippen molar-refractivity contribution in [3.63, 3.8) is 0 Å². The summed E-state index contributed by atoms with van der Waals surface area (Å²) in [6.45, 7) is 4.54. The molecule has 0 saturated carbocycles. The minimum atomic E-state index is -1.99. The molecule has 21 nitrogen and oxygen atoms in total. The molecule has 0 spiro atoms. The molecule has 3 aliphatic heterocycles. The predicted octanol–water partition coefficient (Wildman–Crippen LogP) is -1.54. The van der Waals surface area contributed by atoms with Gasteiger partial charge in [0.15, 0.2) is 18.2 Å². The van der Waals surface area contributed by atoms with Crippen molar-refractivity contribution in [2.24, 2.45) is 0 Å². The number of aliphatic hydroxyl groups is 9. The standard InChI is InChI=1S/C41H52O21/c1-15(2)6-11-20-22(57-39-31(51)29(49)26(46)23(13-42)58-39)12-21(45)25-28(48)37(35(60-36(20)25)18-7-9-19(54-5)10-8-18)61-41-33(53)38(34(16(3)55-41)56-17(4)44)62-40-32(52)30(50)27(47)24(14-43)59-40/h6-10,12,16,23-24,26-27,29-34,38-43,45-47,49-53H,11,13-14H2,1-5H3. The van der Waals surface area contributed by atoms with Crippen molar-refractivity contribution in [2.45, 2.75) is 126 Å². The molecule has 3 aliphatic rings. The van der Waals surface area contributed by atoms with Gasteiger partial charge in [-0.05, 0) is 51.5 Å². The minimum Gasteiger partial charge on any atom is -0.507 e. The molecule has 15 atom stereocenters. The second-order valence-electron chi connectivity index (χ2n) is 15.4. The summed E-state index contributed by atoms with van der Waals surface area (Å²) in [5, 5.41) is 105. The van der Waals surface area contributed by atoms with Gasteiger partial charge < -0.3 is 93.4 Å². The zero-order chi connectivity index (χ0) is 45.3. The Balaban J connectivity index is 1.48. The summed E-state index contributed by atoms with van der Waals surface area (Å²) in [4.78, 5) is 27.0. The Morgan fingerprint density at radius 3 is 1.90 bits per heavy atom. The highest BCUT2D eigenvalue weighted by molar-refractivity contribution is 5.91. The first-order valence-electron chi connectivity index (χ1n) is 19.6.